The number of hydrogen-bond acceptors (Lipinski definition) is 4. The third-order valence-electron chi connectivity index (χ3n) is 4.62. The van der Waals surface area contributed by atoms with E-state index in [0.717, 1.165) is 28.5 Å². The number of rotatable bonds is 4. The Hall–Kier alpha value is -2.73. The molecule has 5 nitrogen and oxygen atoms in total. The maximum absolute atomic E-state index is 12.4. The van der Waals surface area contributed by atoms with Crippen LogP contribution in [-0.4, -0.2) is 28.8 Å². The van der Waals surface area contributed by atoms with Crippen molar-refractivity contribution in [1.82, 2.24) is 9.55 Å². The molecule has 3 aromatic rings. The maximum atomic E-state index is 12.4. The lowest BCUT2D eigenvalue weighted by molar-refractivity contribution is -0.116. The zero-order valence-electron chi connectivity index (χ0n) is 14.6. The second kappa shape index (κ2) is 6.88. The number of benzene rings is 2. The van der Waals surface area contributed by atoms with Gasteiger partial charge in [-0.3, -0.25) is 9.36 Å². The van der Waals surface area contributed by atoms with Crippen LogP contribution in [0, 0.1) is 0 Å². The monoisotopic (exact) mass is 365 g/mol. The molecule has 1 atom stereocenters. The van der Waals surface area contributed by atoms with Gasteiger partial charge in [-0.05, 0) is 36.1 Å². The van der Waals surface area contributed by atoms with Crippen LogP contribution in [-0.2, 0) is 4.79 Å². The highest BCUT2D eigenvalue weighted by atomic mass is 32.2. The van der Waals surface area contributed by atoms with Crippen molar-refractivity contribution < 1.29 is 9.53 Å². The molecule has 0 unspecified atom stereocenters. The van der Waals surface area contributed by atoms with Crippen LogP contribution in [0.2, 0.25) is 0 Å². The first kappa shape index (κ1) is 16.7. The number of carbonyl (C=O) groups is 1. The third-order valence-corrected chi connectivity index (χ3v) is 5.37. The predicted molar refractivity (Wildman–Crippen MR) is 103 cm³/mol. The fourth-order valence-corrected chi connectivity index (χ4v) is 3.68. The molecule has 0 saturated carbocycles. The number of fused-ring (bicyclic) bond motifs is 1. The Kier molecular flexibility index (Phi) is 4.42. The van der Waals surface area contributed by atoms with E-state index in [4.69, 9.17) is 4.74 Å². The first-order chi connectivity index (χ1) is 12.7. The number of methoxy groups -OCH3 is 1. The van der Waals surface area contributed by atoms with E-state index in [-0.39, 0.29) is 11.8 Å². The second-order valence-corrected chi connectivity index (χ2v) is 7.01. The zero-order valence-corrected chi connectivity index (χ0v) is 15.4. The van der Waals surface area contributed by atoms with Crippen LogP contribution in [0.25, 0.3) is 5.69 Å². The predicted octanol–water partition coefficient (Wildman–Crippen LogP) is 4.08. The minimum absolute atomic E-state index is 0.00101. The van der Waals surface area contributed by atoms with Gasteiger partial charge in [-0.1, -0.05) is 18.2 Å². The van der Waals surface area contributed by atoms with Crippen molar-refractivity contribution in [1.29, 1.82) is 0 Å². The summed E-state index contributed by atoms with van der Waals surface area (Å²) in [5, 5.41) is 2.98. The molecule has 2 aromatic carbocycles. The summed E-state index contributed by atoms with van der Waals surface area (Å²) >= 11 is 1.70. The van der Waals surface area contributed by atoms with E-state index in [2.05, 4.69) is 40.8 Å². The molecule has 6 heteroatoms. The molecule has 1 aliphatic rings. The molecule has 26 heavy (non-hydrogen) atoms. The molecule has 1 aromatic heterocycles. The van der Waals surface area contributed by atoms with Crippen LogP contribution in [0.1, 0.15) is 23.6 Å². The first-order valence-corrected chi connectivity index (χ1v) is 9.57. The summed E-state index contributed by atoms with van der Waals surface area (Å²) < 4.78 is 7.21. The number of ether oxygens (including phenoxy) is 1. The largest absolute Gasteiger partial charge is 0.497 e. The Labute approximate surface area is 156 Å². The molecule has 1 N–H and O–H groups in total. The average Bonchev–Trinajstić information content (AvgIpc) is 3.11. The molecule has 0 aliphatic carbocycles. The second-order valence-electron chi connectivity index (χ2n) is 6.13. The van der Waals surface area contributed by atoms with Gasteiger partial charge in [0.15, 0.2) is 0 Å². The van der Waals surface area contributed by atoms with E-state index in [9.17, 15) is 4.79 Å². The molecule has 1 aliphatic heterocycles. The van der Waals surface area contributed by atoms with Crippen LogP contribution >= 0.6 is 11.8 Å². The van der Waals surface area contributed by atoms with Gasteiger partial charge in [0.1, 0.15) is 17.9 Å². The summed E-state index contributed by atoms with van der Waals surface area (Å²) in [6.45, 7) is 0. The van der Waals surface area contributed by atoms with E-state index < -0.39 is 0 Å². The number of carbonyl (C=O) groups excluding carboxylic acids is 1. The molecule has 1 amide bonds. The van der Waals surface area contributed by atoms with Gasteiger partial charge in [-0.15, -0.1) is 11.8 Å². The third kappa shape index (κ3) is 2.97. The Balaban J connectivity index is 1.76. The number of anilines is 1. The molecule has 0 fully saturated rings. The van der Waals surface area contributed by atoms with Crippen LogP contribution in [0.15, 0.2) is 59.8 Å². The fourth-order valence-electron chi connectivity index (χ4n) is 3.27. The number of thioether (sulfide) groups is 1. The molecule has 0 saturated heterocycles. The Bertz CT molecular complexity index is 950. The molecule has 2 heterocycles. The summed E-state index contributed by atoms with van der Waals surface area (Å²) in [7, 11) is 1.64. The van der Waals surface area contributed by atoms with Gasteiger partial charge >= 0.3 is 0 Å². The van der Waals surface area contributed by atoms with E-state index in [0.29, 0.717) is 6.42 Å². The highest BCUT2D eigenvalue weighted by Crippen LogP contribution is 2.38. The van der Waals surface area contributed by atoms with E-state index in [1.165, 1.54) is 4.90 Å². The minimum Gasteiger partial charge on any atom is -0.497 e. The normalized spacial score (nSPS) is 16.1. The van der Waals surface area contributed by atoms with Gasteiger partial charge in [-0.2, -0.15) is 0 Å². The summed E-state index contributed by atoms with van der Waals surface area (Å²) in [5.74, 6) is 1.45. The van der Waals surface area contributed by atoms with Gasteiger partial charge < -0.3 is 10.1 Å². The zero-order chi connectivity index (χ0) is 18.1. The lowest BCUT2D eigenvalue weighted by atomic mass is 9.90. The summed E-state index contributed by atoms with van der Waals surface area (Å²) in [4.78, 5) is 18.2. The highest BCUT2D eigenvalue weighted by molar-refractivity contribution is 7.98. The van der Waals surface area contributed by atoms with Crippen LogP contribution in [0.3, 0.4) is 0 Å². The van der Waals surface area contributed by atoms with Crippen molar-refractivity contribution in [2.24, 2.45) is 0 Å². The number of aromatic nitrogens is 2. The van der Waals surface area contributed by atoms with Gasteiger partial charge in [0.2, 0.25) is 5.91 Å². The molecule has 0 spiro atoms. The topological polar surface area (TPSA) is 56.1 Å². The van der Waals surface area contributed by atoms with Crippen molar-refractivity contribution in [2.45, 2.75) is 17.2 Å². The quantitative estimate of drug-likeness (QED) is 0.708. The first-order valence-electron chi connectivity index (χ1n) is 8.35. The smallest absolute Gasteiger partial charge is 0.226 e. The Morgan fingerprint density at radius 3 is 2.77 bits per heavy atom. The lowest BCUT2D eigenvalue weighted by Gasteiger charge is -2.23. The van der Waals surface area contributed by atoms with Crippen LogP contribution in [0.4, 0.5) is 5.82 Å². The standard InChI is InChI=1S/C20H19N3O2S/c1-25-15-5-3-4-14(10-15)23-12-21-19-17(11-18(24)22-20(19)23)13-6-8-16(26-2)9-7-13/h3-10,12,17H,11H2,1-2H3,(H,22,24)/t17-/m1/s1. The Morgan fingerprint density at radius 1 is 1.23 bits per heavy atom. The maximum Gasteiger partial charge on any atom is 0.226 e. The molecule has 4 rings (SSSR count). The molecular weight excluding hydrogens is 346 g/mol. The van der Waals surface area contributed by atoms with Crippen LogP contribution in [0.5, 0.6) is 5.75 Å². The van der Waals surface area contributed by atoms with Gasteiger partial charge in [0.05, 0.1) is 18.5 Å². The van der Waals surface area contributed by atoms with Crippen molar-refractivity contribution in [3.8, 4) is 11.4 Å². The van der Waals surface area contributed by atoms with Gasteiger partial charge in [0.25, 0.3) is 0 Å². The summed E-state index contributed by atoms with van der Waals surface area (Å²) in [6, 6.07) is 16.0. The number of hydrogen-bond donors (Lipinski definition) is 1. The molecule has 0 bridgehead atoms. The number of nitrogens with zero attached hydrogens (tertiary/aromatic N) is 2. The van der Waals surface area contributed by atoms with E-state index >= 15 is 0 Å². The van der Waals surface area contributed by atoms with Crippen molar-refractivity contribution in [3.05, 3.63) is 66.1 Å². The molecule has 132 valence electrons. The number of nitrogens with one attached hydrogen (secondary N) is 1. The fraction of sp³-hybridized carbons (Fsp3) is 0.200. The summed E-state index contributed by atoms with van der Waals surface area (Å²) in [5.41, 5.74) is 2.90. The van der Waals surface area contributed by atoms with E-state index in [1.807, 2.05) is 28.8 Å². The number of amides is 1. The minimum atomic E-state index is -0.0403. The highest BCUT2D eigenvalue weighted by Gasteiger charge is 2.31. The Morgan fingerprint density at radius 2 is 2.04 bits per heavy atom. The van der Waals surface area contributed by atoms with Crippen molar-refractivity contribution in [2.75, 3.05) is 18.7 Å². The number of imidazole rings is 1. The van der Waals surface area contributed by atoms with Crippen LogP contribution < -0.4 is 10.1 Å². The SMILES string of the molecule is COc1cccc(-n2cnc3c2NC(=O)C[C@@H]3c2ccc(SC)cc2)c1. The van der Waals surface area contributed by atoms with Crippen molar-refractivity contribution in [3.63, 3.8) is 0 Å². The molecule has 0 radical (unpaired) electrons. The van der Waals surface area contributed by atoms with Gasteiger partial charge in [-0.25, -0.2) is 4.98 Å². The van der Waals surface area contributed by atoms with E-state index in [1.54, 1.807) is 25.2 Å². The average molecular weight is 365 g/mol. The summed E-state index contributed by atoms with van der Waals surface area (Å²) in [6.07, 6.45) is 4.21. The van der Waals surface area contributed by atoms with Gasteiger partial charge in [0, 0.05) is 23.3 Å². The van der Waals surface area contributed by atoms with Crippen molar-refractivity contribution >= 4 is 23.5 Å². The lowest BCUT2D eigenvalue weighted by Crippen LogP contribution is -2.24. The molecular formula is C20H19N3O2S.